The zero-order chi connectivity index (χ0) is 11.1. The zero-order valence-electron chi connectivity index (χ0n) is 9.60. The fourth-order valence-electron chi connectivity index (χ4n) is 2.57. The molecule has 2 aromatic rings. The molecule has 2 heterocycles. The number of nitrogens with zero attached hydrogens (tertiary/aromatic N) is 2. The van der Waals surface area contributed by atoms with Gasteiger partial charge in [-0.15, -0.1) is 12.4 Å². The van der Waals surface area contributed by atoms with Crippen molar-refractivity contribution in [2.24, 2.45) is 0 Å². The first-order valence-electron chi connectivity index (χ1n) is 5.55. The fraction of sp³-hybridized carbons (Fsp3) is 0.308. The number of aromatic nitrogens is 1. The third-order valence-corrected chi connectivity index (χ3v) is 3.25. The Bertz CT molecular complexity index is 594. The van der Waals surface area contributed by atoms with Crippen molar-refractivity contribution < 1.29 is 0 Å². The Morgan fingerprint density at radius 1 is 1.47 bits per heavy atom. The van der Waals surface area contributed by atoms with Gasteiger partial charge in [-0.2, -0.15) is 5.26 Å². The summed E-state index contributed by atoms with van der Waals surface area (Å²) in [5.74, 6) is 0. The molecule has 0 fully saturated rings. The summed E-state index contributed by atoms with van der Waals surface area (Å²) in [4.78, 5) is 0. The maximum atomic E-state index is 9.16. The molecule has 88 valence electrons. The van der Waals surface area contributed by atoms with E-state index >= 15 is 0 Å². The number of benzene rings is 1. The van der Waals surface area contributed by atoms with Crippen LogP contribution >= 0.6 is 12.4 Å². The average Bonchev–Trinajstić information content (AvgIpc) is 2.68. The van der Waals surface area contributed by atoms with E-state index < -0.39 is 0 Å². The molecule has 0 saturated carbocycles. The molecule has 1 aliphatic heterocycles. The van der Waals surface area contributed by atoms with E-state index in [4.69, 9.17) is 5.26 Å². The number of rotatable bonds is 0. The van der Waals surface area contributed by atoms with Gasteiger partial charge in [-0.25, -0.2) is 0 Å². The summed E-state index contributed by atoms with van der Waals surface area (Å²) in [6.45, 7) is 4.05. The van der Waals surface area contributed by atoms with E-state index in [0.717, 1.165) is 24.2 Å². The molecule has 0 spiro atoms. The van der Waals surface area contributed by atoms with Gasteiger partial charge in [0.1, 0.15) is 6.07 Å². The average molecular weight is 248 g/mol. The van der Waals surface area contributed by atoms with Gasteiger partial charge in [-0.05, 0) is 19.1 Å². The molecule has 0 saturated heterocycles. The molecule has 1 aliphatic rings. The van der Waals surface area contributed by atoms with Crippen LogP contribution < -0.4 is 5.32 Å². The lowest BCUT2D eigenvalue weighted by molar-refractivity contribution is 0.439. The van der Waals surface area contributed by atoms with E-state index in [1.54, 1.807) is 0 Å². The predicted molar refractivity (Wildman–Crippen MR) is 70.3 cm³/mol. The number of fused-ring (bicyclic) bond motifs is 3. The van der Waals surface area contributed by atoms with Crippen molar-refractivity contribution >= 4 is 23.3 Å². The lowest BCUT2D eigenvalue weighted by Crippen LogP contribution is -2.31. The van der Waals surface area contributed by atoms with Crippen LogP contribution in [0.4, 0.5) is 0 Å². The highest BCUT2D eigenvalue weighted by molar-refractivity contribution is 5.87. The van der Waals surface area contributed by atoms with Crippen molar-refractivity contribution in [3.05, 3.63) is 35.5 Å². The zero-order valence-corrected chi connectivity index (χ0v) is 10.4. The fourth-order valence-corrected chi connectivity index (χ4v) is 2.57. The topological polar surface area (TPSA) is 40.8 Å². The number of nitriles is 1. The Morgan fingerprint density at radius 2 is 2.29 bits per heavy atom. The Hall–Kier alpha value is -1.50. The van der Waals surface area contributed by atoms with Gasteiger partial charge in [-0.3, -0.25) is 0 Å². The monoisotopic (exact) mass is 247 g/mol. The van der Waals surface area contributed by atoms with Crippen LogP contribution in [0.2, 0.25) is 0 Å². The Morgan fingerprint density at radius 3 is 3.06 bits per heavy atom. The van der Waals surface area contributed by atoms with Crippen molar-refractivity contribution in [3.8, 4) is 6.07 Å². The summed E-state index contributed by atoms with van der Waals surface area (Å²) in [7, 11) is 0. The van der Waals surface area contributed by atoms with E-state index in [0.29, 0.717) is 6.04 Å². The van der Waals surface area contributed by atoms with Gasteiger partial charge in [0, 0.05) is 30.2 Å². The van der Waals surface area contributed by atoms with Gasteiger partial charge in [0.2, 0.25) is 0 Å². The second-order valence-corrected chi connectivity index (χ2v) is 4.34. The van der Waals surface area contributed by atoms with E-state index in [2.05, 4.69) is 35.0 Å². The molecule has 3 rings (SSSR count). The second-order valence-electron chi connectivity index (χ2n) is 4.34. The largest absolute Gasteiger partial charge is 0.338 e. The lowest BCUT2D eigenvalue weighted by Gasteiger charge is -2.24. The first-order valence-corrected chi connectivity index (χ1v) is 5.55. The van der Waals surface area contributed by atoms with Gasteiger partial charge in [-0.1, -0.05) is 12.1 Å². The number of nitrogens with one attached hydrogen (secondary N) is 1. The third-order valence-electron chi connectivity index (χ3n) is 3.25. The molecular formula is C13H14ClN3. The highest BCUT2D eigenvalue weighted by atomic mass is 35.5. The summed E-state index contributed by atoms with van der Waals surface area (Å²) in [5.41, 5.74) is 3.14. The molecule has 0 radical (unpaired) electrons. The maximum absolute atomic E-state index is 9.16. The van der Waals surface area contributed by atoms with Gasteiger partial charge in [0.15, 0.2) is 0 Å². The summed E-state index contributed by atoms with van der Waals surface area (Å²) in [5, 5.41) is 13.7. The Kier molecular flexibility index (Phi) is 3.10. The Labute approximate surface area is 106 Å². The molecule has 1 N–H and O–H groups in total. The van der Waals surface area contributed by atoms with Crippen LogP contribution in [0.5, 0.6) is 0 Å². The van der Waals surface area contributed by atoms with Crippen LogP contribution in [0.3, 0.4) is 0 Å². The summed E-state index contributed by atoms with van der Waals surface area (Å²) >= 11 is 0. The maximum Gasteiger partial charge on any atom is 0.101 e. The second kappa shape index (κ2) is 4.40. The molecule has 1 aromatic carbocycles. The number of hydrogen-bond donors (Lipinski definition) is 1. The van der Waals surface area contributed by atoms with Gasteiger partial charge in [0.05, 0.1) is 11.1 Å². The minimum atomic E-state index is 0. The van der Waals surface area contributed by atoms with Crippen molar-refractivity contribution in [2.45, 2.75) is 19.5 Å². The molecule has 3 nitrogen and oxygen atoms in total. The number of hydrogen-bond acceptors (Lipinski definition) is 2. The smallest absolute Gasteiger partial charge is 0.101 e. The van der Waals surface area contributed by atoms with Crippen LogP contribution in [0.25, 0.3) is 10.9 Å². The molecule has 0 amide bonds. The van der Waals surface area contributed by atoms with Gasteiger partial charge in [0.25, 0.3) is 0 Å². The highest BCUT2D eigenvalue weighted by Crippen LogP contribution is 2.28. The molecule has 17 heavy (non-hydrogen) atoms. The highest BCUT2D eigenvalue weighted by Gasteiger charge is 2.19. The normalized spacial score (nSPS) is 18.2. The molecule has 1 aromatic heterocycles. The van der Waals surface area contributed by atoms with E-state index in [1.165, 1.54) is 11.1 Å². The minimum Gasteiger partial charge on any atom is -0.338 e. The van der Waals surface area contributed by atoms with E-state index in [9.17, 15) is 0 Å². The first-order chi connectivity index (χ1) is 7.81. The SMILES string of the molecule is CC1CNCc2cc3cccc(C#N)c3n21.Cl. The van der Waals surface area contributed by atoms with E-state index in [-0.39, 0.29) is 12.4 Å². The van der Waals surface area contributed by atoms with Crippen LogP contribution in [-0.2, 0) is 6.54 Å². The van der Waals surface area contributed by atoms with Crippen molar-refractivity contribution in [1.82, 2.24) is 9.88 Å². The molecule has 1 atom stereocenters. The lowest BCUT2D eigenvalue weighted by atomic mass is 10.1. The first kappa shape index (κ1) is 12.0. The molecule has 4 heteroatoms. The van der Waals surface area contributed by atoms with Crippen LogP contribution in [-0.4, -0.2) is 11.1 Å². The summed E-state index contributed by atoms with van der Waals surface area (Å²) in [6.07, 6.45) is 0. The Balaban J connectivity index is 0.00000108. The summed E-state index contributed by atoms with van der Waals surface area (Å²) in [6, 6.07) is 10.8. The van der Waals surface area contributed by atoms with Crippen LogP contribution in [0, 0.1) is 11.3 Å². The van der Waals surface area contributed by atoms with Gasteiger partial charge < -0.3 is 9.88 Å². The quantitative estimate of drug-likeness (QED) is 0.778. The molecule has 0 bridgehead atoms. The van der Waals surface area contributed by atoms with E-state index in [1.807, 2.05) is 12.1 Å². The molecule has 0 aliphatic carbocycles. The number of para-hydroxylation sites is 1. The van der Waals surface area contributed by atoms with Crippen LogP contribution in [0.15, 0.2) is 24.3 Å². The predicted octanol–water partition coefficient (Wildman–Crippen LogP) is 2.60. The van der Waals surface area contributed by atoms with Crippen LogP contribution in [0.1, 0.15) is 24.2 Å². The van der Waals surface area contributed by atoms with Crippen molar-refractivity contribution in [1.29, 1.82) is 5.26 Å². The third kappa shape index (κ3) is 1.70. The number of halogens is 1. The van der Waals surface area contributed by atoms with Crippen molar-refractivity contribution in [3.63, 3.8) is 0 Å². The van der Waals surface area contributed by atoms with Gasteiger partial charge >= 0.3 is 0 Å². The summed E-state index contributed by atoms with van der Waals surface area (Å²) < 4.78 is 2.30. The molecular weight excluding hydrogens is 234 g/mol. The standard InChI is InChI=1S/C13H13N3.ClH/c1-9-7-15-8-12-5-10-3-2-4-11(6-14)13(10)16(9)12;/h2-5,9,15H,7-8H2,1H3;1H. The molecule has 1 unspecified atom stereocenters. The minimum absolute atomic E-state index is 0. The van der Waals surface area contributed by atoms with Crippen molar-refractivity contribution in [2.75, 3.05) is 6.54 Å².